The standard InChI is InChI=1S/C19H32N4O.HI/c1-5-21-19(22-12-7-6-9-15(2)3)23-14-16-10-8-11-17(13-16)18(24)20-4;/h8,10-11,13,15H,5-7,9,12,14H2,1-4H3,(H,20,24)(H2,21,22,23);1H. The molecule has 0 aliphatic carbocycles. The SMILES string of the molecule is CCNC(=NCc1cccc(C(=O)NC)c1)NCCCCC(C)C.I. The fourth-order valence-corrected chi connectivity index (χ4v) is 2.35. The zero-order valence-corrected chi connectivity index (χ0v) is 18.2. The summed E-state index contributed by atoms with van der Waals surface area (Å²) >= 11 is 0. The minimum absolute atomic E-state index is 0. The summed E-state index contributed by atoms with van der Waals surface area (Å²) in [4.78, 5) is 16.3. The van der Waals surface area contributed by atoms with Crippen molar-refractivity contribution >= 4 is 35.8 Å². The molecule has 6 heteroatoms. The molecular weight excluding hydrogens is 427 g/mol. The molecule has 0 unspecified atom stereocenters. The van der Waals surface area contributed by atoms with Gasteiger partial charge in [-0.15, -0.1) is 24.0 Å². The predicted molar refractivity (Wildman–Crippen MR) is 117 cm³/mol. The molecule has 1 amide bonds. The minimum Gasteiger partial charge on any atom is -0.357 e. The van der Waals surface area contributed by atoms with Gasteiger partial charge in [0.05, 0.1) is 6.54 Å². The fraction of sp³-hybridized carbons (Fsp3) is 0.579. The van der Waals surface area contributed by atoms with Gasteiger partial charge in [0, 0.05) is 25.7 Å². The van der Waals surface area contributed by atoms with Crippen molar-refractivity contribution in [2.75, 3.05) is 20.1 Å². The third-order valence-electron chi connectivity index (χ3n) is 3.68. The summed E-state index contributed by atoms with van der Waals surface area (Å²) in [5.41, 5.74) is 1.69. The number of hydrogen-bond acceptors (Lipinski definition) is 2. The van der Waals surface area contributed by atoms with E-state index in [1.807, 2.05) is 24.3 Å². The Morgan fingerprint density at radius 3 is 2.60 bits per heavy atom. The van der Waals surface area contributed by atoms with Crippen LogP contribution in [0.3, 0.4) is 0 Å². The van der Waals surface area contributed by atoms with Gasteiger partial charge >= 0.3 is 0 Å². The number of aliphatic imine (C=N–C) groups is 1. The van der Waals surface area contributed by atoms with E-state index in [-0.39, 0.29) is 29.9 Å². The molecule has 0 saturated carbocycles. The van der Waals surface area contributed by atoms with Gasteiger partial charge < -0.3 is 16.0 Å². The Hall–Kier alpha value is -1.31. The van der Waals surface area contributed by atoms with Crippen molar-refractivity contribution < 1.29 is 4.79 Å². The number of carbonyl (C=O) groups excluding carboxylic acids is 1. The number of nitrogens with zero attached hydrogens (tertiary/aromatic N) is 1. The van der Waals surface area contributed by atoms with Crippen LogP contribution >= 0.6 is 24.0 Å². The Kier molecular flexibility index (Phi) is 13.2. The minimum atomic E-state index is -0.0731. The molecule has 1 aromatic rings. The monoisotopic (exact) mass is 460 g/mol. The molecule has 0 aliphatic heterocycles. The zero-order valence-electron chi connectivity index (χ0n) is 15.9. The van der Waals surface area contributed by atoms with E-state index >= 15 is 0 Å². The lowest BCUT2D eigenvalue weighted by Gasteiger charge is -2.12. The largest absolute Gasteiger partial charge is 0.357 e. The highest BCUT2D eigenvalue weighted by Crippen LogP contribution is 2.07. The van der Waals surface area contributed by atoms with Crippen LogP contribution in [0, 0.1) is 5.92 Å². The third-order valence-corrected chi connectivity index (χ3v) is 3.68. The summed E-state index contributed by atoms with van der Waals surface area (Å²) in [6.45, 7) is 8.87. The van der Waals surface area contributed by atoms with Gasteiger partial charge in [-0.3, -0.25) is 4.79 Å². The second-order valence-corrected chi connectivity index (χ2v) is 6.29. The number of nitrogens with one attached hydrogen (secondary N) is 3. The molecular formula is C19H33IN4O. The Bertz CT molecular complexity index is 532. The molecule has 1 rings (SSSR count). The highest BCUT2D eigenvalue weighted by Gasteiger charge is 2.04. The number of benzene rings is 1. The maximum Gasteiger partial charge on any atom is 0.251 e. The topological polar surface area (TPSA) is 65.5 Å². The van der Waals surface area contributed by atoms with Crippen molar-refractivity contribution in [3.05, 3.63) is 35.4 Å². The molecule has 1 aromatic carbocycles. The van der Waals surface area contributed by atoms with Crippen molar-refractivity contribution in [1.82, 2.24) is 16.0 Å². The van der Waals surface area contributed by atoms with Crippen LogP contribution in [0.5, 0.6) is 0 Å². The maximum absolute atomic E-state index is 11.7. The molecule has 0 heterocycles. The summed E-state index contributed by atoms with van der Waals surface area (Å²) in [6, 6.07) is 7.57. The summed E-state index contributed by atoms with van der Waals surface area (Å²) in [5.74, 6) is 1.52. The molecule has 0 aromatic heterocycles. The van der Waals surface area contributed by atoms with Gasteiger partial charge in [-0.2, -0.15) is 0 Å². The molecule has 0 atom stereocenters. The average Bonchev–Trinajstić information content (AvgIpc) is 2.58. The van der Waals surface area contributed by atoms with Crippen LogP contribution in [-0.2, 0) is 6.54 Å². The lowest BCUT2D eigenvalue weighted by Crippen LogP contribution is -2.37. The number of guanidine groups is 1. The van der Waals surface area contributed by atoms with Gasteiger partial charge in [0.2, 0.25) is 0 Å². The van der Waals surface area contributed by atoms with E-state index in [0.29, 0.717) is 12.1 Å². The first-order valence-electron chi connectivity index (χ1n) is 8.90. The van der Waals surface area contributed by atoms with Gasteiger partial charge in [-0.1, -0.05) is 38.8 Å². The number of unbranched alkanes of at least 4 members (excludes halogenated alkanes) is 1. The molecule has 0 bridgehead atoms. The van der Waals surface area contributed by atoms with Crippen LogP contribution in [0.15, 0.2) is 29.3 Å². The molecule has 142 valence electrons. The van der Waals surface area contributed by atoms with Gasteiger partial charge in [0.25, 0.3) is 5.91 Å². The quantitative estimate of drug-likeness (QED) is 0.229. The second-order valence-electron chi connectivity index (χ2n) is 6.29. The molecule has 3 N–H and O–H groups in total. The van der Waals surface area contributed by atoms with E-state index in [9.17, 15) is 4.79 Å². The van der Waals surface area contributed by atoms with E-state index < -0.39 is 0 Å². The van der Waals surface area contributed by atoms with Crippen molar-refractivity contribution in [3.8, 4) is 0 Å². The van der Waals surface area contributed by atoms with Crippen molar-refractivity contribution in [3.63, 3.8) is 0 Å². The Labute approximate surface area is 169 Å². The number of amides is 1. The first-order valence-corrected chi connectivity index (χ1v) is 8.90. The van der Waals surface area contributed by atoms with Crippen LogP contribution in [0.4, 0.5) is 0 Å². The summed E-state index contributed by atoms with van der Waals surface area (Å²) in [6.07, 6.45) is 3.65. The Balaban J connectivity index is 0.00000576. The predicted octanol–water partition coefficient (Wildman–Crippen LogP) is 3.55. The van der Waals surface area contributed by atoms with Crippen molar-refractivity contribution in [2.24, 2.45) is 10.9 Å². The van der Waals surface area contributed by atoms with Crippen molar-refractivity contribution in [1.29, 1.82) is 0 Å². The van der Waals surface area contributed by atoms with E-state index in [4.69, 9.17) is 0 Å². The molecule has 25 heavy (non-hydrogen) atoms. The summed E-state index contributed by atoms with van der Waals surface area (Å²) < 4.78 is 0. The van der Waals surface area contributed by atoms with Gasteiger partial charge in [-0.05, 0) is 37.0 Å². The lowest BCUT2D eigenvalue weighted by atomic mass is 10.1. The fourth-order valence-electron chi connectivity index (χ4n) is 2.35. The first kappa shape index (κ1) is 23.7. The smallest absolute Gasteiger partial charge is 0.251 e. The highest BCUT2D eigenvalue weighted by atomic mass is 127. The van der Waals surface area contributed by atoms with Crippen molar-refractivity contribution in [2.45, 2.75) is 46.6 Å². The second kappa shape index (κ2) is 13.9. The highest BCUT2D eigenvalue weighted by molar-refractivity contribution is 14.0. The number of hydrogen-bond donors (Lipinski definition) is 3. The van der Waals surface area contributed by atoms with Gasteiger partial charge in [-0.25, -0.2) is 4.99 Å². The lowest BCUT2D eigenvalue weighted by molar-refractivity contribution is 0.0963. The summed E-state index contributed by atoms with van der Waals surface area (Å²) in [5, 5.41) is 9.28. The zero-order chi connectivity index (χ0) is 17.8. The Morgan fingerprint density at radius 1 is 1.20 bits per heavy atom. The van der Waals surface area contributed by atoms with Gasteiger partial charge in [0.15, 0.2) is 5.96 Å². The van der Waals surface area contributed by atoms with Gasteiger partial charge in [0.1, 0.15) is 0 Å². The maximum atomic E-state index is 11.7. The number of carbonyl (C=O) groups is 1. The molecule has 0 radical (unpaired) electrons. The third kappa shape index (κ3) is 10.3. The first-order chi connectivity index (χ1) is 11.6. The van der Waals surface area contributed by atoms with E-state index in [1.165, 1.54) is 12.8 Å². The van der Waals surface area contributed by atoms with Crippen LogP contribution in [-0.4, -0.2) is 32.0 Å². The van der Waals surface area contributed by atoms with Crippen LogP contribution in [0.2, 0.25) is 0 Å². The molecule has 0 fully saturated rings. The molecule has 5 nitrogen and oxygen atoms in total. The number of rotatable bonds is 9. The van der Waals surface area contributed by atoms with E-state index in [0.717, 1.165) is 37.0 Å². The molecule has 0 saturated heterocycles. The number of halogens is 1. The normalized spacial score (nSPS) is 11.0. The average molecular weight is 460 g/mol. The summed E-state index contributed by atoms with van der Waals surface area (Å²) in [7, 11) is 1.64. The van der Waals surface area contributed by atoms with Crippen LogP contribution in [0.1, 0.15) is 56.0 Å². The Morgan fingerprint density at radius 2 is 1.96 bits per heavy atom. The van der Waals surface area contributed by atoms with E-state index in [2.05, 4.69) is 41.7 Å². The molecule has 0 aliphatic rings. The van der Waals surface area contributed by atoms with E-state index in [1.54, 1.807) is 7.05 Å². The van der Waals surface area contributed by atoms with Crippen LogP contribution < -0.4 is 16.0 Å². The van der Waals surface area contributed by atoms with Crippen LogP contribution in [0.25, 0.3) is 0 Å². The molecule has 0 spiro atoms.